The largest absolute Gasteiger partial charge is 0.281 e. The van der Waals surface area contributed by atoms with Gasteiger partial charge in [0.25, 0.3) is 0 Å². The van der Waals surface area contributed by atoms with Gasteiger partial charge in [-0.05, 0) is 38.2 Å². The monoisotopic (exact) mass is 272 g/mol. The van der Waals surface area contributed by atoms with Crippen LogP contribution in [-0.4, -0.2) is 17.3 Å². The first-order chi connectivity index (χ1) is 9.79. The molecule has 0 atom stereocenters. The Labute approximate surface area is 121 Å². The standard InChI is InChI=1S/C14H18N4.C2H6/c1-10-9-17-18-7-6-16-13(14(10)18)12-4-2-11(8-15)3-5-12;1-2/h6-7,11-12,17H,2-5,9H2,1H3;1-2H3. The van der Waals surface area contributed by atoms with Crippen molar-refractivity contribution in [1.29, 1.82) is 5.26 Å². The van der Waals surface area contributed by atoms with Crippen LogP contribution in [-0.2, 0) is 0 Å². The molecule has 1 saturated carbocycles. The Morgan fingerprint density at radius 1 is 1.30 bits per heavy atom. The highest BCUT2D eigenvalue weighted by Crippen LogP contribution is 2.34. The summed E-state index contributed by atoms with van der Waals surface area (Å²) in [6.07, 6.45) is 8.08. The van der Waals surface area contributed by atoms with E-state index < -0.39 is 0 Å². The van der Waals surface area contributed by atoms with Crippen molar-refractivity contribution < 1.29 is 0 Å². The number of aliphatic imine (C=N–C) groups is 1. The van der Waals surface area contributed by atoms with Crippen molar-refractivity contribution >= 4 is 5.71 Å². The van der Waals surface area contributed by atoms with Crippen LogP contribution in [0.1, 0.15) is 46.5 Å². The maximum atomic E-state index is 8.96. The molecule has 2 heterocycles. The van der Waals surface area contributed by atoms with E-state index in [4.69, 9.17) is 5.26 Å². The van der Waals surface area contributed by atoms with Gasteiger partial charge in [0.2, 0.25) is 0 Å². The van der Waals surface area contributed by atoms with Gasteiger partial charge in [0.05, 0.1) is 17.5 Å². The number of allylic oxidation sites excluding steroid dienone is 1. The highest BCUT2D eigenvalue weighted by atomic mass is 15.5. The lowest BCUT2D eigenvalue weighted by Gasteiger charge is -2.30. The van der Waals surface area contributed by atoms with Crippen LogP contribution in [0.3, 0.4) is 0 Å². The van der Waals surface area contributed by atoms with E-state index in [1.165, 1.54) is 17.0 Å². The lowest BCUT2D eigenvalue weighted by Crippen LogP contribution is -2.34. The average molecular weight is 272 g/mol. The zero-order valence-corrected chi connectivity index (χ0v) is 12.7. The first-order valence-corrected chi connectivity index (χ1v) is 7.66. The highest BCUT2D eigenvalue weighted by Gasteiger charge is 2.32. The summed E-state index contributed by atoms with van der Waals surface area (Å²) in [7, 11) is 0. The molecule has 4 heteroatoms. The lowest BCUT2D eigenvalue weighted by molar-refractivity contribution is 0.361. The summed E-state index contributed by atoms with van der Waals surface area (Å²) in [4.78, 5) is 4.61. The number of hydrazine groups is 1. The molecule has 20 heavy (non-hydrogen) atoms. The fraction of sp³-hybridized carbons (Fsp3) is 0.625. The van der Waals surface area contributed by atoms with Crippen molar-refractivity contribution in [2.75, 3.05) is 6.54 Å². The molecule has 0 aromatic rings. The summed E-state index contributed by atoms with van der Waals surface area (Å²) in [6, 6.07) is 2.39. The number of nitriles is 1. The minimum absolute atomic E-state index is 0.258. The molecule has 0 aromatic carbocycles. The van der Waals surface area contributed by atoms with Gasteiger partial charge in [-0.3, -0.25) is 10.0 Å². The molecule has 2 aliphatic heterocycles. The van der Waals surface area contributed by atoms with Crippen LogP contribution in [0, 0.1) is 23.2 Å². The van der Waals surface area contributed by atoms with E-state index in [0.29, 0.717) is 5.92 Å². The van der Waals surface area contributed by atoms with Gasteiger partial charge in [0.15, 0.2) is 0 Å². The predicted molar refractivity (Wildman–Crippen MR) is 81.5 cm³/mol. The van der Waals surface area contributed by atoms with Crippen LogP contribution in [0.15, 0.2) is 28.7 Å². The Morgan fingerprint density at radius 2 is 2.00 bits per heavy atom. The number of fused-ring (bicyclic) bond motifs is 1. The molecule has 0 amide bonds. The smallest absolute Gasteiger partial charge is 0.0791 e. The quantitative estimate of drug-likeness (QED) is 0.796. The molecular formula is C16H24N4. The molecule has 108 valence electrons. The van der Waals surface area contributed by atoms with E-state index in [1.54, 1.807) is 0 Å². The Hall–Kier alpha value is -1.60. The Kier molecular flexibility index (Phi) is 4.97. The van der Waals surface area contributed by atoms with E-state index in [2.05, 4.69) is 28.4 Å². The molecule has 0 saturated heterocycles. The number of hydrogen-bond acceptors (Lipinski definition) is 4. The molecule has 1 fully saturated rings. The molecule has 0 bridgehead atoms. The first kappa shape index (κ1) is 14.8. The summed E-state index contributed by atoms with van der Waals surface area (Å²) >= 11 is 0. The molecule has 3 aliphatic rings. The number of hydrogen-bond donors (Lipinski definition) is 1. The van der Waals surface area contributed by atoms with E-state index in [1.807, 2.05) is 26.2 Å². The van der Waals surface area contributed by atoms with Crippen molar-refractivity contribution in [1.82, 2.24) is 10.4 Å². The van der Waals surface area contributed by atoms with Crippen molar-refractivity contribution in [3.05, 3.63) is 23.7 Å². The van der Waals surface area contributed by atoms with Gasteiger partial charge >= 0.3 is 0 Å². The third kappa shape index (κ3) is 2.78. The number of rotatable bonds is 1. The van der Waals surface area contributed by atoms with Gasteiger partial charge in [0, 0.05) is 30.8 Å². The minimum atomic E-state index is 0.258. The maximum Gasteiger partial charge on any atom is 0.0791 e. The SMILES string of the molecule is CC.CC1=C2C(C3CCC(C#N)CC3)=NC=CN2NC1. The second-order valence-electron chi connectivity index (χ2n) is 5.32. The molecule has 1 N–H and O–H groups in total. The summed E-state index contributed by atoms with van der Waals surface area (Å²) < 4.78 is 0. The third-order valence-electron chi connectivity index (χ3n) is 4.13. The van der Waals surface area contributed by atoms with Crippen molar-refractivity contribution in [2.24, 2.45) is 16.8 Å². The Balaban J connectivity index is 0.000000704. The predicted octanol–water partition coefficient (Wildman–Crippen LogP) is 3.36. The minimum Gasteiger partial charge on any atom is -0.281 e. The normalized spacial score (nSPS) is 28.3. The van der Waals surface area contributed by atoms with Crippen molar-refractivity contribution in [3.8, 4) is 6.07 Å². The van der Waals surface area contributed by atoms with Crippen molar-refractivity contribution in [3.63, 3.8) is 0 Å². The van der Waals surface area contributed by atoms with Crippen LogP contribution in [0.4, 0.5) is 0 Å². The molecule has 0 unspecified atom stereocenters. The van der Waals surface area contributed by atoms with Gasteiger partial charge in [-0.15, -0.1) is 0 Å². The van der Waals surface area contributed by atoms with E-state index >= 15 is 0 Å². The zero-order chi connectivity index (χ0) is 14.5. The fourth-order valence-corrected chi connectivity index (χ4v) is 3.08. The molecule has 0 aromatic heterocycles. The maximum absolute atomic E-state index is 8.96. The second-order valence-corrected chi connectivity index (χ2v) is 5.32. The van der Waals surface area contributed by atoms with Crippen LogP contribution in [0.5, 0.6) is 0 Å². The molecule has 4 nitrogen and oxygen atoms in total. The summed E-state index contributed by atoms with van der Waals surface area (Å²) in [5.41, 5.74) is 7.18. The van der Waals surface area contributed by atoms with Crippen LogP contribution in [0.2, 0.25) is 0 Å². The highest BCUT2D eigenvalue weighted by molar-refractivity contribution is 6.03. The van der Waals surface area contributed by atoms with Gasteiger partial charge in [0.1, 0.15) is 0 Å². The van der Waals surface area contributed by atoms with Gasteiger partial charge < -0.3 is 0 Å². The second kappa shape index (κ2) is 6.71. The Bertz CT molecular complexity index is 473. The fourth-order valence-electron chi connectivity index (χ4n) is 3.08. The van der Waals surface area contributed by atoms with Gasteiger partial charge in [-0.25, -0.2) is 5.43 Å². The lowest BCUT2D eigenvalue weighted by atomic mass is 9.79. The summed E-state index contributed by atoms with van der Waals surface area (Å²) in [5.74, 6) is 0.778. The molecule has 1 aliphatic carbocycles. The van der Waals surface area contributed by atoms with E-state index in [0.717, 1.165) is 32.2 Å². The third-order valence-corrected chi connectivity index (χ3v) is 4.13. The van der Waals surface area contributed by atoms with Gasteiger partial charge in [-0.1, -0.05) is 13.8 Å². The van der Waals surface area contributed by atoms with Crippen LogP contribution in [0.25, 0.3) is 0 Å². The summed E-state index contributed by atoms with van der Waals surface area (Å²) in [5, 5.41) is 11.1. The van der Waals surface area contributed by atoms with Crippen LogP contribution >= 0.6 is 0 Å². The molecule has 0 radical (unpaired) electrons. The number of nitrogens with one attached hydrogen (secondary N) is 1. The number of nitrogens with zero attached hydrogens (tertiary/aromatic N) is 3. The van der Waals surface area contributed by atoms with E-state index in [9.17, 15) is 0 Å². The van der Waals surface area contributed by atoms with E-state index in [-0.39, 0.29) is 5.92 Å². The zero-order valence-electron chi connectivity index (χ0n) is 12.7. The van der Waals surface area contributed by atoms with Crippen molar-refractivity contribution in [2.45, 2.75) is 46.5 Å². The first-order valence-electron chi connectivity index (χ1n) is 7.66. The molecule has 3 rings (SSSR count). The van der Waals surface area contributed by atoms with Gasteiger partial charge in [-0.2, -0.15) is 5.26 Å². The molecular weight excluding hydrogens is 248 g/mol. The topological polar surface area (TPSA) is 51.4 Å². The molecule has 0 spiro atoms. The van der Waals surface area contributed by atoms with Crippen LogP contribution < -0.4 is 5.43 Å². The Morgan fingerprint density at radius 3 is 2.65 bits per heavy atom. The summed E-state index contributed by atoms with van der Waals surface area (Å²) in [6.45, 7) is 7.07. The average Bonchev–Trinajstić information content (AvgIpc) is 2.91.